The first kappa shape index (κ1) is 40.2. The number of hydrogen-bond donors (Lipinski definition) is 3. The van der Waals surface area contributed by atoms with Crippen LogP contribution in [0.25, 0.3) is 0 Å². The van der Waals surface area contributed by atoms with E-state index in [9.17, 15) is 27.9 Å². The molecule has 1 aliphatic heterocycles. The molecule has 0 radical (unpaired) electrons. The maximum absolute atomic E-state index is 14.4. The van der Waals surface area contributed by atoms with E-state index in [2.05, 4.69) is 15.5 Å². The SMILES string of the molecule is C[C@@H]1CCCCO[C@H](CN(C)Cc2ccc(Cl)c(Cl)c2)[C@@H](C)CN([C@@H](C)CO)C(=O)c2cc(NC(=O)Nc3ccc(C(F)(F)F)cc3)ccc2O1. The van der Waals surface area contributed by atoms with Crippen LogP contribution in [-0.4, -0.2) is 78.4 Å². The minimum absolute atomic E-state index is 0.152. The third-order valence-electron chi connectivity index (χ3n) is 8.71. The number of hydrogen-bond acceptors (Lipinski definition) is 6. The van der Waals surface area contributed by atoms with Crippen LogP contribution in [0.3, 0.4) is 0 Å². The van der Waals surface area contributed by atoms with Gasteiger partial charge in [-0.25, -0.2) is 4.79 Å². The number of nitrogens with one attached hydrogen (secondary N) is 2. The maximum Gasteiger partial charge on any atom is 0.416 e. The van der Waals surface area contributed by atoms with Crippen molar-refractivity contribution in [3.05, 3.63) is 87.4 Å². The van der Waals surface area contributed by atoms with Crippen LogP contribution in [0.15, 0.2) is 60.7 Å². The largest absolute Gasteiger partial charge is 0.490 e. The number of carbonyl (C=O) groups is 2. The predicted octanol–water partition coefficient (Wildman–Crippen LogP) is 8.58. The summed E-state index contributed by atoms with van der Waals surface area (Å²) in [7, 11) is 1.99. The number of nitrogens with zero attached hydrogens (tertiary/aromatic N) is 2. The number of urea groups is 1. The van der Waals surface area contributed by atoms with Crippen molar-refractivity contribution in [2.45, 2.75) is 71.0 Å². The van der Waals surface area contributed by atoms with Crippen LogP contribution in [-0.2, 0) is 17.5 Å². The molecule has 4 atom stereocenters. The lowest BCUT2D eigenvalue weighted by Crippen LogP contribution is -2.47. The molecular weight excluding hydrogens is 708 g/mol. The number of carbonyl (C=O) groups excluding carboxylic acids is 2. The van der Waals surface area contributed by atoms with Crippen molar-refractivity contribution in [1.29, 1.82) is 0 Å². The molecule has 0 spiro atoms. The second-order valence-electron chi connectivity index (χ2n) is 13.1. The summed E-state index contributed by atoms with van der Waals surface area (Å²) in [6.45, 7) is 7.35. The Bertz CT molecular complexity index is 1630. The monoisotopic (exact) mass is 752 g/mol. The van der Waals surface area contributed by atoms with Crippen molar-refractivity contribution in [3.63, 3.8) is 0 Å². The number of aliphatic hydroxyl groups excluding tert-OH is 1. The van der Waals surface area contributed by atoms with Crippen LogP contribution < -0.4 is 15.4 Å². The maximum atomic E-state index is 14.4. The zero-order valence-corrected chi connectivity index (χ0v) is 30.6. The second kappa shape index (κ2) is 18.3. The average Bonchev–Trinajstić information content (AvgIpc) is 3.07. The lowest BCUT2D eigenvalue weighted by Gasteiger charge is -2.36. The van der Waals surface area contributed by atoms with E-state index < -0.39 is 29.7 Å². The van der Waals surface area contributed by atoms with Crippen LogP contribution in [0.4, 0.5) is 29.3 Å². The van der Waals surface area contributed by atoms with Gasteiger partial charge in [-0.2, -0.15) is 13.2 Å². The fraction of sp³-hybridized carbons (Fsp3) is 0.459. The molecule has 9 nitrogen and oxygen atoms in total. The van der Waals surface area contributed by atoms with E-state index in [-0.39, 0.29) is 48.2 Å². The number of alkyl halides is 3. The molecule has 0 unspecified atom stereocenters. The Morgan fingerprint density at radius 3 is 2.37 bits per heavy atom. The highest BCUT2D eigenvalue weighted by atomic mass is 35.5. The van der Waals surface area contributed by atoms with E-state index in [1.807, 2.05) is 33.0 Å². The van der Waals surface area contributed by atoms with Gasteiger partial charge in [0.25, 0.3) is 5.91 Å². The van der Waals surface area contributed by atoms with Gasteiger partial charge in [0.15, 0.2) is 0 Å². The molecule has 3 N–H and O–H groups in total. The van der Waals surface area contributed by atoms with Crippen molar-refractivity contribution >= 4 is 46.5 Å². The molecule has 0 saturated heterocycles. The quantitative estimate of drug-likeness (QED) is 0.213. The molecule has 1 aliphatic rings. The number of likely N-dealkylation sites (N-methyl/N-ethyl adjacent to an activating group) is 1. The third-order valence-corrected chi connectivity index (χ3v) is 9.45. The lowest BCUT2D eigenvalue weighted by atomic mass is 10.0. The number of fused-ring (bicyclic) bond motifs is 1. The summed E-state index contributed by atoms with van der Waals surface area (Å²) in [5.41, 5.74) is 0.765. The van der Waals surface area contributed by atoms with E-state index >= 15 is 0 Å². The van der Waals surface area contributed by atoms with E-state index in [0.717, 1.165) is 42.7 Å². The number of ether oxygens (including phenoxy) is 2. The highest BCUT2D eigenvalue weighted by Crippen LogP contribution is 2.31. The van der Waals surface area contributed by atoms with Gasteiger partial charge in [0.1, 0.15) is 5.75 Å². The molecule has 0 fully saturated rings. The Morgan fingerprint density at radius 1 is 1.02 bits per heavy atom. The molecular formula is C37H45Cl2F3N4O5. The minimum atomic E-state index is -4.50. The molecule has 14 heteroatoms. The van der Waals surface area contributed by atoms with Crippen molar-refractivity contribution < 1.29 is 37.3 Å². The van der Waals surface area contributed by atoms with Crippen molar-refractivity contribution in [1.82, 2.24) is 9.80 Å². The summed E-state index contributed by atoms with van der Waals surface area (Å²) < 4.78 is 51.6. The normalized spacial score (nSPS) is 19.9. The predicted molar refractivity (Wildman–Crippen MR) is 194 cm³/mol. The first-order chi connectivity index (χ1) is 24.1. The fourth-order valence-corrected chi connectivity index (χ4v) is 6.14. The summed E-state index contributed by atoms with van der Waals surface area (Å²) in [6, 6.07) is 13.0. The van der Waals surface area contributed by atoms with Gasteiger partial charge in [0.05, 0.1) is 46.0 Å². The van der Waals surface area contributed by atoms with Crippen molar-refractivity contribution in [2.24, 2.45) is 5.92 Å². The molecule has 3 aromatic rings. The van der Waals surface area contributed by atoms with Gasteiger partial charge >= 0.3 is 12.2 Å². The standard InChI is InChI=1S/C37H45Cl2F3N4O5/c1-23-19-46(24(2)22-47)35(48)30-18-29(44-36(49)43-28-11-9-27(10-12-28)37(40,41)42)13-15-33(30)51-25(3)7-5-6-16-50-34(23)21-45(4)20-26-8-14-31(38)32(39)17-26/h8-15,17-18,23-25,34,47H,5-7,16,19-22H2,1-4H3,(H2,43,44,49)/t23-,24-,25+,34+/m0/s1. The van der Waals surface area contributed by atoms with Gasteiger partial charge in [0.2, 0.25) is 0 Å². The number of anilines is 2. The molecule has 3 aromatic carbocycles. The van der Waals surface area contributed by atoms with Crippen LogP contribution in [0.5, 0.6) is 5.75 Å². The Labute approximate surface area is 307 Å². The van der Waals surface area contributed by atoms with Gasteiger partial charge in [-0.1, -0.05) is 36.2 Å². The zero-order chi connectivity index (χ0) is 37.3. The van der Waals surface area contributed by atoms with E-state index in [4.69, 9.17) is 32.7 Å². The van der Waals surface area contributed by atoms with Gasteiger partial charge in [-0.05, 0) is 100 Å². The van der Waals surface area contributed by atoms with Crippen molar-refractivity contribution in [2.75, 3.05) is 44.0 Å². The first-order valence-corrected chi connectivity index (χ1v) is 17.6. The van der Waals surface area contributed by atoms with Gasteiger partial charge in [-0.15, -0.1) is 0 Å². The molecule has 3 amide bonds. The van der Waals surface area contributed by atoms with Crippen molar-refractivity contribution in [3.8, 4) is 5.75 Å². The fourth-order valence-electron chi connectivity index (χ4n) is 5.82. The van der Waals surface area contributed by atoms with E-state index in [1.54, 1.807) is 30.0 Å². The second-order valence-corrected chi connectivity index (χ2v) is 13.9. The number of rotatable bonds is 8. The molecule has 278 valence electrons. The Kier molecular flexibility index (Phi) is 14.4. The molecule has 51 heavy (non-hydrogen) atoms. The van der Waals surface area contributed by atoms with Crippen LogP contribution >= 0.6 is 23.2 Å². The van der Waals surface area contributed by atoms with Crippen LogP contribution in [0.1, 0.15) is 61.5 Å². The van der Waals surface area contributed by atoms with E-state index in [1.165, 1.54) is 6.07 Å². The Balaban J connectivity index is 1.57. The minimum Gasteiger partial charge on any atom is -0.490 e. The number of halogens is 5. The molecule has 4 rings (SSSR count). The summed E-state index contributed by atoms with van der Waals surface area (Å²) in [6.07, 6.45) is -2.64. The van der Waals surface area contributed by atoms with Crippen LogP contribution in [0.2, 0.25) is 10.0 Å². The number of benzene rings is 3. The summed E-state index contributed by atoms with van der Waals surface area (Å²) in [5.74, 6) is -0.228. The topological polar surface area (TPSA) is 103 Å². The lowest BCUT2D eigenvalue weighted by molar-refractivity contribution is -0.137. The third kappa shape index (κ3) is 11.7. The molecule has 0 saturated carbocycles. The Morgan fingerprint density at radius 2 is 1.71 bits per heavy atom. The van der Waals surface area contributed by atoms with Gasteiger partial charge < -0.3 is 30.1 Å². The molecule has 0 aliphatic carbocycles. The number of aliphatic hydroxyl groups is 1. The highest BCUT2D eigenvalue weighted by Gasteiger charge is 2.31. The van der Waals surface area contributed by atoms with Crippen LogP contribution in [0, 0.1) is 5.92 Å². The zero-order valence-electron chi connectivity index (χ0n) is 29.1. The van der Waals surface area contributed by atoms with Gasteiger partial charge in [0, 0.05) is 43.5 Å². The Hall–Kier alpha value is -3.55. The average molecular weight is 754 g/mol. The molecule has 0 bridgehead atoms. The van der Waals surface area contributed by atoms with Gasteiger partial charge in [-0.3, -0.25) is 9.69 Å². The highest BCUT2D eigenvalue weighted by molar-refractivity contribution is 6.42. The summed E-state index contributed by atoms with van der Waals surface area (Å²) in [5, 5.41) is 16.4. The summed E-state index contributed by atoms with van der Waals surface area (Å²) in [4.78, 5) is 30.9. The first-order valence-electron chi connectivity index (χ1n) is 16.9. The smallest absolute Gasteiger partial charge is 0.416 e. The molecule has 0 aromatic heterocycles. The van der Waals surface area contributed by atoms with E-state index in [0.29, 0.717) is 41.9 Å². The summed E-state index contributed by atoms with van der Waals surface area (Å²) >= 11 is 12.4. The number of amides is 3. The molecule has 1 heterocycles.